The van der Waals surface area contributed by atoms with E-state index in [2.05, 4.69) is 21.2 Å². The van der Waals surface area contributed by atoms with Crippen LogP contribution in [-0.2, 0) is 4.79 Å². The van der Waals surface area contributed by atoms with Crippen LogP contribution in [0.5, 0.6) is 11.5 Å². The number of ether oxygens (including phenoxy) is 1. The van der Waals surface area contributed by atoms with Crippen molar-refractivity contribution in [2.45, 2.75) is 0 Å². The van der Waals surface area contributed by atoms with Crippen LogP contribution >= 0.6 is 27.7 Å². The maximum Gasteiger partial charge on any atom is 0.318 e. The Morgan fingerprint density at radius 3 is 2.36 bits per heavy atom. The van der Waals surface area contributed by atoms with E-state index in [4.69, 9.17) is 4.74 Å². The molecule has 28 heavy (non-hydrogen) atoms. The summed E-state index contributed by atoms with van der Waals surface area (Å²) in [5.74, 6) is -0.625. The third-order valence-electron chi connectivity index (χ3n) is 3.47. The van der Waals surface area contributed by atoms with Crippen molar-refractivity contribution in [2.24, 2.45) is 0 Å². The maximum atomic E-state index is 11.8. The molecule has 1 aliphatic rings. The van der Waals surface area contributed by atoms with E-state index < -0.39 is 32.4 Å². The molecule has 142 valence electrons. The predicted octanol–water partition coefficient (Wildman–Crippen LogP) is 4.38. The number of nitro benzene ring substituents is 2. The SMILES string of the molecule is O=C1NC(=O)/C(=C/c2cc(Br)ccc2Oc2ccc([N+](=O)[O-])cc2[N+](=O)[O-])S1. The number of halogens is 1. The lowest BCUT2D eigenvalue weighted by atomic mass is 10.1. The van der Waals surface area contributed by atoms with E-state index >= 15 is 0 Å². The average molecular weight is 466 g/mol. The van der Waals surface area contributed by atoms with Gasteiger partial charge in [0.05, 0.1) is 20.8 Å². The van der Waals surface area contributed by atoms with Gasteiger partial charge in [0.25, 0.3) is 16.8 Å². The minimum absolute atomic E-state index is 0.131. The number of nitro groups is 2. The van der Waals surface area contributed by atoms with Crippen LogP contribution in [-0.4, -0.2) is 21.0 Å². The molecule has 0 aromatic heterocycles. The lowest BCUT2D eigenvalue weighted by Gasteiger charge is -2.10. The first-order valence-corrected chi connectivity index (χ1v) is 9.00. The van der Waals surface area contributed by atoms with Crippen LogP contribution in [0, 0.1) is 20.2 Å². The Balaban J connectivity index is 2.03. The second-order valence-corrected chi connectivity index (χ2v) is 7.23. The van der Waals surface area contributed by atoms with Gasteiger partial charge >= 0.3 is 5.69 Å². The van der Waals surface area contributed by atoms with Gasteiger partial charge in [0.1, 0.15) is 5.75 Å². The second-order valence-electron chi connectivity index (χ2n) is 5.30. The molecule has 0 aliphatic carbocycles. The van der Waals surface area contributed by atoms with Crippen molar-refractivity contribution in [1.82, 2.24) is 5.32 Å². The normalized spacial score (nSPS) is 14.8. The van der Waals surface area contributed by atoms with Crippen LogP contribution in [0.3, 0.4) is 0 Å². The standard InChI is InChI=1S/C16H8BrN3O7S/c17-9-1-3-12(8(5-9)6-14-15(21)18-16(22)28-14)27-13-4-2-10(19(23)24)7-11(13)20(25)26/h1-7H,(H,18,21,22)/b14-6-. The largest absolute Gasteiger partial charge is 0.449 e. The van der Waals surface area contributed by atoms with Crippen molar-refractivity contribution < 1.29 is 24.2 Å². The summed E-state index contributed by atoms with van der Waals surface area (Å²) in [5.41, 5.74) is -0.664. The number of amides is 2. The summed E-state index contributed by atoms with van der Waals surface area (Å²) >= 11 is 3.99. The van der Waals surface area contributed by atoms with Crippen LogP contribution in [0.1, 0.15) is 5.56 Å². The zero-order chi connectivity index (χ0) is 20.4. The van der Waals surface area contributed by atoms with Crippen molar-refractivity contribution >= 4 is 56.3 Å². The van der Waals surface area contributed by atoms with Gasteiger partial charge in [0.2, 0.25) is 5.75 Å². The highest BCUT2D eigenvalue weighted by atomic mass is 79.9. The molecular formula is C16H8BrN3O7S. The fourth-order valence-corrected chi connectivity index (χ4v) is 3.31. The number of thioether (sulfide) groups is 1. The van der Waals surface area contributed by atoms with Crippen molar-refractivity contribution in [1.29, 1.82) is 0 Å². The topological polar surface area (TPSA) is 142 Å². The Morgan fingerprint density at radius 2 is 1.75 bits per heavy atom. The molecule has 12 heteroatoms. The first-order chi connectivity index (χ1) is 13.2. The molecule has 0 radical (unpaired) electrons. The van der Waals surface area contributed by atoms with Gasteiger partial charge in [0, 0.05) is 16.1 Å². The number of imide groups is 1. The molecule has 0 atom stereocenters. The number of nitrogens with zero attached hydrogens (tertiary/aromatic N) is 2. The van der Waals surface area contributed by atoms with E-state index in [1.54, 1.807) is 12.1 Å². The highest BCUT2D eigenvalue weighted by Crippen LogP contribution is 2.38. The average Bonchev–Trinajstić information content (AvgIpc) is 2.94. The van der Waals surface area contributed by atoms with Gasteiger partial charge in [-0.15, -0.1) is 0 Å². The molecule has 3 rings (SSSR count). The number of non-ortho nitro benzene ring substituents is 1. The molecule has 2 amide bonds. The molecule has 0 unspecified atom stereocenters. The third kappa shape index (κ3) is 4.18. The van der Waals surface area contributed by atoms with E-state index in [9.17, 15) is 29.8 Å². The highest BCUT2D eigenvalue weighted by molar-refractivity contribution is 9.10. The van der Waals surface area contributed by atoms with Crippen LogP contribution in [0.15, 0.2) is 45.8 Å². The summed E-state index contributed by atoms with van der Waals surface area (Å²) in [6, 6.07) is 7.71. The number of carbonyl (C=O) groups is 2. The molecule has 2 aromatic rings. The lowest BCUT2D eigenvalue weighted by molar-refractivity contribution is -0.394. The van der Waals surface area contributed by atoms with E-state index in [0.29, 0.717) is 21.8 Å². The number of hydrogen-bond acceptors (Lipinski definition) is 8. The summed E-state index contributed by atoms with van der Waals surface area (Å²) < 4.78 is 6.25. The first-order valence-electron chi connectivity index (χ1n) is 7.39. The monoisotopic (exact) mass is 465 g/mol. The van der Waals surface area contributed by atoms with Gasteiger partial charge in [-0.3, -0.25) is 35.1 Å². The summed E-state index contributed by atoms with van der Waals surface area (Å²) in [5, 5.41) is 23.7. The number of hydrogen-bond donors (Lipinski definition) is 1. The lowest BCUT2D eigenvalue weighted by Crippen LogP contribution is -2.17. The van der Waals surface area contributed by atoms with E-state index in [1.165, 1.54) is 12.1 Å². The molecule has 2 aromatic carbocycles. The summed E-state index contributed by atoms with van der Waals surface area (Å²) in [6.07, 6.45) is 1.40. The Labute approximate surface area is 169 Å². The van der Waals surface area contributed by atoms with Gasteiger partial charge < -0.3 is 4.74 Å². The number of rotatable bonds is 5. The molecule has 0 spiro atoms. The van der Waals surface area contributed by atoms with Crippen molar-refractivity contribution in [3.05, 3.63) is 71.6 Å². The summed E-state index contributed by atoms with van der Waals surface area (Å²) in [6.45, 7) is 0. The summed E-state index contributed by atoms with van der Waals surface area (Å²) in [4.78, 5) is 43.8. The predicted molar refractivity (Wildman–Crippen MR) is 103 cm³/mol. The zero-order valence-corrected chi connectivity index (χ0v) is 16.0. The number of benzene rings is 2. The molecule has 1 heterocycles. The molecule has 0 saturated carbocycles. The number of carbonyl (C=O) groups excluding carboxylic acids is 2. The molecular weight excluding hydrogens is 458 g/mol. The van der Waals surface area contributed by atoms with Gasteiger partial charge in [-0.2, -0.15) is 0 Å². The van der Waals surface area contributed by atoms with E-state index in [0.717, 1.165) is 18.2 Å². The Bertz CT molecular complexity index is 1070. The van der Waals surface area contributed by atoms with Crippen molar-refractivity contribution in [3.63, 3.8) is 0 Å². The van der Waals surface area contributed by atoms with Crippen LogP contribution in [0.4, 0.5) is 16.2 Å². The van der Waals surface area contributed by atoms with Gasteiger partial charge in [-0.25, -0.2) is 0 Å². The maximum absolute atomic E-state index is 11.8. The van der Waals surface area contributed by atoms with Crippen LogP contribution < -0.4 is 10.1 Å². The highest BCUT2D eigenvalue weighted by Gasteiger charge is 2.26. The van der Waals surface area contributed by atoms with Crippen LogP contribution in [0.25, 0.3) is 6.08 Å². The van der Waals surface area contributed by atoms with Gasteiger partial charge in [0.15, 0.2) is 0 Å². The Kier molecular flexibility index (Phi) is 5.42. The molecule has 10 nitrogen and oxygen atoms in total. The molecule has 1 N–H and O–H groups in total. The minimum Gasteiger partial charge on any atom is -0.449 e. The second kappa shape index (κ2) is 7.78. The molecule has 0 bridgehead atoms. The first kappa shape index (κ1) is 19.5. The van der Waals surface area contributed by atoms with Crippen molar-refractivity contribution in [2.75, 3.05) is 0 Å². The molecule has 1 aliphatic heterocycles. The third-order valence-corrected chi connectivity index (χ3v) is 4.77. The fourth-order valence-electron chi connectivity index (χ4n) is 2.25. The van der Waals surface area contributed by atoms with Gasteiger partial charge in [-0.1, -0.05) is 15.9 Å². The minimum atomic E-state index is -0.793. The number of nitrogens with one attached hydrogen (secondary N) is 1. The smallest absolute Gasteiger partial charge is 0.318 e. The summed E-state index contributed by atoms with van der Waals surface area (Å²) in [7, 11) is 0. The van der Waals surface area contributed by atoms with Crippen LogP contribution in [0.2, 0.25) is 0 Å². The zero-order valence-electron chi connectivity index (χ0n) is 13.6. The molecule has 1 saturated heterocycles. The quantitative estimate of drug-likeness (QED) is 0.389. The Hall–Kier alpha value is -3.25. The van der Waals surface area contributed by atoms with E-state index in [1.807, 2.05) is 0 Å². The molecule has 1 fully saturated rings. The van der Waals surface area contributed by atoms with Crippen molar-refractivity contribution in [3.8, 4) is 11.5 Å². The Morgan fingerprint density at radius 1 is 1.04 bits per heavy atom. The van der Waals surface area contributed by atoms with Gasteiger partial charge in [-0.05, 0) is 42.1 Å². The van der Waals surface area contributed by atoms with E-state index in [-0.39, 0.29) is 16.4 Å². The fraction of sp³-hybridized carbons (Fsp3) is 0.